The molecule has 0 atom stereocenters. The number of hydrogen-bond acceptors (Lipinski definition) is 3. The summed E-state index contributed by atoms with van der Waals surface area (Å²) in [5.41, 5.74) is 1.78. The molecule has 0 unspecified atom stereocenters. The fourth-order valence-corrected chi connectivity index (χ4v) is 2.14. The molecule has 4 nitrogen and oxygen atoms in total. The molecule has 0 fully saturated rings. The lowest BCUT2D eigenvalue weighted by Gasteiger charge is -2.15. The molecule has 0 N–H and O–H groups in total. The van der Waals surface area contributed by atoms with Crippen LogP contribution >= 0.6 is 11.3 Å². The molecule has 0 spiro atoms. The minimum absolute atomic E-state index is 0.0464. The predicted molar refractivity (Wildman–Crippen MR) is 63.3 cm³/mol. The van der Waals surface area contributed by atoms with Crippen molar-refractivity contribution in [1.29, 1.82) is 0 Å². The third-order valence-electron chi connectivity index (χ3n) is 2.29. The van der Waals surface area contributed by atoms with Crippen LogP contribution < -0.4 is 0 Å². The summed E-state index contributed by atoms with van der Waals surface area (Å²) in [4.78, 5) is 13.6. The molecule has 0 bridgehead atoms. The van der Waals surface area contributed by atoms with Crippen molar-refractivity contribution >= 4 is 17.2 Å². The van der Waals surface area contributed by atoms with E-state index in [0.717, 1.165) is 11.1 Å². The van der Waals surface area contributed by atoms with Gasteiger partial charge in [-0.3, -0.25) is 9.48 Å². The minimum Gasteiger partial charge on any atom is -0.337 e. The van der Waals surface area contributed by atoms with E-state index >= 15 is 0 Å². The number of thiophene rings is 1. The van der Waals surface area contributed by atoms with Crippen LogP contribution in [-0.2, 0) is 13.6 Å². The number of aromatic nitrogens is 2. The molecule has 5 heteroatoms. The fourth-order valence-electron chi connectivity index (χ4n) is 1.51. The van der Waals surface area contributed by atoms with E-state index < -0.39 is 0 Å². The van der Waals surface area contributed by atoms with Crippen LogP contribution in [-0.4, -0.2) is 27.6 Å². The van der Waals surface area contributed by atoms with Gasteiger partial charge in [0.1, 0.15) is 0 Å². The molecule has 0 saturated heterocycles. The Morgan fingerprint density at radius 1 is 1.62 bits per heavy atom. The number of carbonyl (C=O) groups is 1. The molecule has 0 aliphatic rings. The Kier molecular flexibility index (Phi) is 3.05. The Morgan fingerprint density at radius 2 is 2.44 bits per heavy atom. The SMILES string of the molecule is CN(Cc1cnn(C)c1)C(=O)c1ccsc1. The van der Waals surface area contributed by atoms with Crippen molar-refractivity contribution < 1.29 is 4.79 Å². The Morgan fingerprint density at radius 3 is 3.00 bits per heavy atom. The van der Waals surface area contributed by atoms with E-state index in [9.17, 15) is 4.79 Å². The topological polar surface area (TPSA) is 38.1 Å². The van der Waals surface area contributed by atoms with Crippen molar-refractivity contribution in [3.63, 3.8) is 0 Å². The summed E-state index contributed by atoms with van der Waals surface area (Å²) in [5.74, 6) is 0.0464. The number of carbonyl (C=O) groups excluding carboxylic acids is 1. The van der Waals surface area contributed by atoms with Gasteiger partial charge in [-0.2, -0.15) is 16.4 Å². The number of hydrogen-bond donors (Lipinski definition) is 0. The molecule has 0 saturated carbocycles. The molecule has 84 valence electrons. The summed E-state index contributed by atoms with van der Waals surface area (Å²) in [6.07, 6.45) is 3.69. The second kappa shape index (κ2) is 4.49. The summed E-state index contributed by atoms with van der Waals surface area (Å²) >= 11 is 1.53. The van der Waals surface area contributed by atoms with E-state index in [1.165, 1.54) is 11.3 Å². The number of nitrogens with zero attached hydrogens (tertiary/aromatic N) is 3. The summed E-state index contributed by atoms with van der Waals surface area (Å²) in [5, 5.41) is 7.84. The first kappa shape index (κ1) is 10.9. The molecule has 2 aromatic heterocycles. The Labute approximate surface area is 98.1 Å². The predicted octanol–water partition coefficient (Wildman–Crippen LogP) is 1.75. The minimum atomic E-state index is 0.0464. The van der Waals surface area contributed by atoms with Gasteiger partial charge in [0.05, 0.1) is 11.8 Å². The van der Waals surface area contributed by atoms with Gasteiger partial charge in [-0.05, 0) is 11.4 Å². The van der Waals surface area contributed by atoms with Gasteiger partial charge in [-0.25, -0.2) is 0 Å². The van der Waals surface area contributed by atoms with Gasteiger partial charge in [0.15, 0.2) is 0 Å². The highest BCUT2D eigenvalue weighted by Crippen LogP contribution is 2.10. The molecule has 0 radical (unpaired) electrons. The lowest BCUT2D eigenvalue weighted by atomic mass is 10.2. The van der Waals surface area contributed by atoms with Crippen LogP contribution in [0.4, 0.5) is 0 Å². The van der Waals surface area contributed by atoms with Gasteiger partial charge in [-0.1, -0.05) is 0 Å². The third kappa shape index (κ3) is 2.30. The Hall–Kier alpha value is -1.62. The molecule has 16 heavy (non-hydrogen) atoms. The Balaban J connectivity index is 2.03. The zero-order valence-electron chi connectivity index (χ0n) is 9.25. The molecule has 2 heterocycles. The molecule has 1 amide bonds. The van der Waals surface area contributed by atoms with E-state index in [0.29, 0.717) is 6.54 Å². The van der Waals surface area contributed by atoms with Crippen LogP contribution in [0.1, 0.15) is 15.9 Å². The maximum Gasteiger partial charge on any atom is 0.254 e. The van der Waals surface area contributed by atoms with Crippen LogP contribution in [0.15, 0.2) is 29.2 Å². The normalized spacial score (nSPS) is 10.4. The van der Waals surface area contributed by atoms with Gasteiger partial charge >= 0.3 is 0 Å². The largest absolute Gasteiger partial charge is 0.337 e. The van der Waals surface area contributed by atoms with Crippen molar-refractivity contribution in [2.45, 2.75) is 6.54 Å². The van der Waals surface area contributed by atoms with Crippen molar-refractivity contribution in [2.24, 2.45) is 7.05 Å². The highest BCUT2D eigenvalue weighted by molar-refractivity contribution is 7.08. The van der Waals surface area contributed by atoms with Crippen molar-refractivity contribution in [3.05, 3.63) is 40.3 Å². The first-order valence-corrected chi connectivity index (χ1v) is 5.86. The first-order chi connectivity index (χ1) is 7.66. The first-order valence-electron chi connectivity index (χ1n) is 4.92. The molecule has 0 aromatic carbocycles. The van der Waals surface area contributed by atoms with Gasteiger partial charge in [0, 0.05) is 37.8 Å². The van der Waals surface area contributed by atoms with Gasteiger partial charge in [-0.15, -0.1) is 0 Å². The fraction of sp³-hybridized carbons (Fsp3) is 0.273. The number of rotatable bonds is 3. The molecular weight excluding hydrogens is 222 g/mol. The van der Waals surface area contributed by atoms with Crippen molar-refractivity contribution in [3.8, 4) is 0 Å². The maximum atomic E-state index is 11.9. The van der Waals surface area contributed by atoms with E-state index in [1.54, 1.807) is 22.8 Å². The zero-order chi connectivity index (χ0) is 11.5. The molecule has 0 aliphatic carbocycles. The van der Waals surface area contributed by atoms with E-state index in [4.69, 9.17) is 0 Å². The second-order valence-electron chi connectivity index (χ2n) is 3.70. The average Bonchev–Trinajstić information content (AvgIpc) is 2.88. The third-order valence-corrected chi connectivity index (χ3v) is 2.98. The Bertz CT molecular complexity index is 475. The average molecular weight is 235 g/mol. The summed E-state index contributed by atoms with van der Waals surface area (Å²) in [6.45, 7) is 0.586. The van der Waals surface area contributed by atoms with Crippen LogP contribution in [0.3, 0.4) is 0 Å². The van der Waals surface area contributed by atoms with Gasteiger partial charge in [0.25, 0.3) is 5.91 Å². The maximum absolute atomic E-state index is 11.9. The zero-order valence-corrected chi connectivity index (χ0v) is 10.1. The standard InChI is InChI=1S/C11H13N3OS/c1-13(6-9-5-12-14(2)7-9)11(15)10-3-4-16-8-10/h3-5,7-8H,6H2,1-2H3. The quantitative estimate of drug-likeness (QED) is 0.813. The monoisotopic (exact) mass is 235 g/mol. The smallest absolute Gasteiger partial charge is 0.254 e. The number of aryl methyl sites for hydroxylation is 1. The highest BCUT2D eigenvalue weighted by atomic mass is 32.1. The van der Waals surface area contributed by atoms with Crippen LogP contribution in [0, 0.1) is 0 Å². The van der Waals surface area contributed by atoms with Crippen molar-refractivity contribution in [2.75, 3.05) is 7.05 Å². The number of amides is 1. The molecular formula is C11H13N3OS. The second-order valence-corrected chi connectivity index (χ2v) is 4.48. The summed E-state index contributed by atoms with van der Waals surface area (Å²) < 4.78 is 1.73. The highest BCUT2D eigenvalue weighted by Gasteiger charge is 2.12. The summed E-state index contributed by atoms with van der Waals surface area (Å²) in [7, 11) is 3.66. The molecule has 0 aliphatic heterocycles. The molecule has 2 aromatic rings. The lowest BCUT2D eigenvalue weighted by molar-refractivity contribution is 0.0785. The van der Waals surface area contributed by atoms with Gasteiger partial charge in [0.2, 0.25) is 0 Å². The molecule has 2 rings (SSSR count). The van der Waals surface area contributed by atoms with Crippen molar-refractivity contribution in [1.82, 2.24) is 14.7 Å². The van der Waals surface area contributed by atoms with E-state index in [-0.39, 0.29) is 5.91 Å². The van der Waals surface area contributed by atoms with Gasteiger partial charge < -0.3 is 4.90 Å². The van der Waals surface area contributed by atoms with Crippen LogP contribution in [0.5, 0.6) is 0 Å². The lowest BCUT2D eigenvalue weighted by Crippen LogP contribution is -2.25. The van der Waals surface area contributed by atoms with Crippen LogP contribution in [0.25, 0.3) is 0 Å². The summed E-state index contributed by atoms with van der Waals surface area (Å²) in [6, 6.07) is 1.84. The van der Waals surface area contributed by atoms with E-state index in [1.807, 2.05) is 30.1 Å². The van der Waals surface area contributed by atoms with E-state index in [2.05, 4.69) is 5.10 Å². The van der Waals surface area contributed by atoms with Crippen LogP contribution in [0.2, 0.25) is 0 Å².